The van der Waals surface area contributed by atoms with E-state index in [4.69, 9.17) is 11.6 Å². The van der Waals surface area contributed by atoms with Crippen molar-refractivity contribution in [2.45, 2.75) is 31.2 Å². The Morgan fingerprint density at radius 3 is 2.36 bits per heavy atom. The summed E-state index contributed by atoms with van der Waals surface area (Å²) in [6, 6.07) is 12.4. The van der Waals surface area contributed by atoms with Gasteiger partial charge in [-0.25, -0.2) is 0 Å². The van der Waals surface area contributed by atoms with Gasteiger partial charge in [0.15, 0.2) is 5.78 Å². The number of amides is 2. The Hall–Kier alpha value is -2.18. The van der Waals surface area contributed by atoms with E-state index in [1.54, 1.807) is 24.3 Å². The minimum absolute atomic E-state index is 0.0503. The molecule has 1 aromatic carbocycles. The Bertz CT molecular complexity index is 800. The van der Waals surface area contributed by atoms with Gasteiger partial charge in [-0.05, 0) is 37.1 Å². The third-order valence-electron chi connectivity index (χ3n) is 4.02. The van der Waals surface area contributed by atoms with Gasteiger partial charge in [0, 0.05) is 18.5 Å². The summed E-state index contributed by atoms with van der Waals surface area (Å²) in [6.45, 7) is 0. The van der Waals surface area contributed by atoms with Crippen molar-refractivity contribution in [2.24, 2.45) is 0 Å². The number of thiophene rings is 1. The molecule has 130 valence electrons. The lowest BCUT2D eigenvalue weighted by molar-refractivity contribution is -0.127. The normalized spacial score (nSPS) is 14.6. The molecule has 3 rings (SSSR count). The standard InChI is InChI=1S/C18H17ClN2O3S/c19-15-8-7-14(25-15)13(22)6-9-16(23)21-18(10-11-18)17(24)20-12-4-2-1-3-5-12/h1-5,7-8H,6,9-11H2,(H,20,24)(H,21,23). The van der Waals surface area contributed by atoms with E-state index in [1.807, 2.05) is 18.2 Å². The van der Waals surface area contributed by atoms with E-state index >= 15 is 0 Å². The smallest absolute Gasteiger partial charge is 0.250 e. The fraction of sp³-hybridized carbons (Fsp3) is 0.278. The molecule has 0 bridgehead atoms. The Balaban J connectivity index is 1.50. The third-order valence-corrected chi connectivity index (χ3v) is 5.29. The number of halogens is 1. The summed E-state index contributed by atoms with van der Waals surface area (Å²) in [5, 5.41) is 5.58. The van der Waals surface area contributed by atoms with E-state index in [0.29, 0.717) is 27.7 Å². The van der Waals surface area contributed by atoms with Crippen LogP contribution in [0.25, 0.3) is 0 Å². The molecule has 0 atom stereocenters. The topological polar surface area (TPSA) is 75.3 Å². The Morgan fingerprint density at radius 2 is 1.76 bits per heavy atom. The number of nitrogens with one attached hydrogen (secondary N) is 2. The maximum absolute atomic E-state index is 12.4. The molecule has 5 nitrogen and oxygen atoms in total. The molecule has 2 N–H and O–H groups in total. The fourth-order valence-corrected chi connectivity index (χ4v) is 3.46. The van der Waals surface area contributed by atoms with Crippen molar-refractivity contribution in [3.05, 3.63) is 51.7 Å². The van der Waals surface area contributed by atoms with Crippen molar-refractivity contribution >= 4 is 46.2 Å². The SMILES string of the molecule is O=C(CCC(=O)c1ccc(Cl)s1)NC1(C(=O)Nc2ccccc2)CC1. The van der Waals surface area contributed by atoms with Crippen LogP contribution in [0.4, 0.5) is 5.69 Å². The molecule has 1 aliphatic rings. The molecule has 1 fully saturated rings. The number of benzene rings is 1. The number of ketones is 1. The largest absolute Gasteiger partial charge is 0.342 e. The highest BCUT2D eigenvalue weighted by atomic mass is 35.5. The van der Waals surface area contributed by atoms with Crippen molar-refractivity contribution < 1.29 is 14.4 Å². The molecule has 25 heavy (non-hydrogen) atoms. The van der Waals surface area contributed by atoms with Crippen molar-refractivity contribution in [3.8, 4) is 0 Å². The van der Waals surface area contributed by atoms with Crippen LogP contribution in [0.1, 0.15) is 35.4 Å². The van der Waals surface area contributed by atoms with Crippen molar-refractivity contribution in [1.29, 1.82) is 0 Å². The number of hydrogen-bond acceptors (Lipinski definition) is 4. The Kier molecular flexibility index (Phi) is 5.20. The molecule has 7 heteroatoms. The number of Topliss-reactive ketones (excluding diaryl/α,β-unsaturated/α-hetero) is 1. The molecule has 1 aliphatic carbocycles. The number of anilines is 1. The quantitative estimate of drug-likeness (QED) is 0.724. The molecule has 0 spiro atoms. The van der Waals surface area contributed by atoms with Crippen LogP contribution in [0.3, 0.4) is 0 Å². The van der Waals surface area contributed by atoms with Gasteiger partial charge in [-0.1, -0.05) is 29.8 Å². The minimum Gasteiger partial charge on any atom is -0.342 e. The van der Waals surface area contributed by atoms with Crippen LogP contribution >= 0.6 is 22.9 Å². The summed E-state index contributed by atoms with van der Waals surface area (Å²) in [4.78, 5) is 37.1. The second-order valence-corrected chi connectivity index (χ2v) is 7.69. The highest BCUT2D eigenvalue weighted by Crippen LogP contribution is 2.36. The molecule has 0 saturated heterocycles. The maximum Gasteiger partial charge on any atom is 0.250 e. The van der Waals surface area contributed by atoms with Gasteiger partial charge < -0.3 is 10.6 Å². The summed E-state index contributed by atoms with van der Waals surface area (Å²) in [7, 11) is 0. The number of para-hydroxylation sites is 1. The van der Waals surface area contributed by atoms with Gasteiger partial charge in [-0.15, -0.1) is 11.3 Å². The monoisotopic (exact) mass is 376 g/mol. The third kappa shape index (κ3) is 4.46. The average molecular weight is 377 g/mol. The first-order valence-corrected chi connectivity index (χ1v) is 9.14. The van der Waals surface area contributed by atoms with Crippen molar-refractivity contribution in [1.82, 2.24) is 5.32 Å². The molecule has 0 radical (unpaired) electrons. The van der Waals surface area contributed by atoms with Crippen LogP contribution in [0.5, 0.6) is 0 Å². The van der Waals surface area contributed by atoms with Gasteiger partial charge in [-0.3, -0.25) is 14.4 Å². The Morgan fingerprint density at radius 1 is 1.04 bits per heavy atom. The number of carbonyl (C=O) groups excluding carboxylic acids is 3. The second kappa shape index (κ2) is 7.37. The predicted octanol–water partition coefficient (Wildman–Crippen LogP) is 3.65. The molecule has 1 aromatic heterocycles. The van der Waals surface area contributed by atoms with E-state index in [2.05, 4.69) is 10.6 Å². The van der Waals surface area contributed by atoms with E-state index < -0.39 is 5.54 Å². The van der Waals surface area contributed by atoms with Gasteiger partial charge in [0.1, 0.15) is 5.54 Å². The van der Waals surface area contributed by atoms with Gasteiger partial charge in [0.2, 0.25) is 11.8 Å². The molecule has 0 unspecified atom stereocenters. The zero-order chi connectivity index (χ0) is 17.9. The molecule has 0 aliphatic heterocycles. The van der Waals surface area contributed by atoms with E-state index in [9.17, 15) is 14.4 Å². The zero-order valence-electron chi connectivity index (χ0n) is 13.4. The first-order chi connectivity index (χ1) is 12.0. The molecule has 2 aromatic rings. The summed E-state index contributed by atoms with van der Waals surface area (Å²) in [6.07, 6.45) is 1.35. The second-order valence-electron chi connectivity index (χ2n) is 5.98. The molecule has 1 heterocycles. The first-order valence-electron chi connectivity index (χ1n) is 7.95. The fourth-order valence-electron chi connectivity index (χ4n) is 2.45. The summed E-state index contributed by atoms with van der Waals surface area (Å²) >= 11 is 7.01. The minimum atomic E-state index is -0.845. The van der Waals surface area contributed by atoms with Gasteiger partial charge >= 0.3 is 0 Å². The van der Waals surface area contributed by atoms with Crippen LogP contribution < -0.4 is 10.6 Å². The summed E-state index contributed by atoms with van der Waals surface area (Å²) in [5.41, 5.74) is -0.153. The molecule has 1 saturated carbocycles. The average Bonchev–Trinajstić information content (AvgIpc) is 3.25. The highest BCUT2D eigenvalue weighted by Gasteiger charge is 2.51. The highest BCUT2D eigenvalue weighted by molar-refractivity contribution is 7.18. The predicted molar refractivity (Wildman–Crippen MR) is 98.1 cm³/mol. The summed E-state index contributed by atoms with van der Waals surface area (Å²) < 4.78 is 0.544. The molecular weight excluding hydrogens is 360 g/mol. The van der Waals surface area contributed by atoms with Crippen LogP contribution in [-0.4, -0.2) is 23.1 Å². The van der Waals surface area contributed by atoms with E-state index in [0.717, 1.165) is 0 Å². The zero-order valence-corrected chi connectivity index (χ0v) is 15.0. The lowest BCUT2D eigenvalue weighted by atomic mass is 10.1. The van der Waals surface area contributed by atoms with Crippen LogP contribution in [-0.2, 0) is 9.59 Å². The van der Waals surface area contributed by atoms with Crippen molar-refractivity contribution in [3.63, 3.8) is 0 Å². The van der Waals surface area contributed by atoms with E-state index in [1.165, 1.54) is 11.3 Å². The van der Waals surface area contributed by atoms with Crippen molar-refractivity contribution in [2.75, 3.05) is 5.32 Å². The number of carbonyl (C=O) groups is 3. The van der Waals surface area contributed by atoms with Crippen LogP contribution in [0, 0.1) is 0 Å². The molecular formula is C18H17ClN2O3S. The first kappa shape index (κ1) is 17.6. The maximum atomic E-state index is 12.4. The van der Waals surface area contributed by atoms with Gasteiger partial charge in [-0.2, -0.15) is 0 Å². The number of rotatable bonds is 7. The Labute approximate surface area is 154 Å². The lowest BCUT2D eigenvalue weighted by Crippen LogP contribution is -2.46. The van der Waals surface area contributed by atoms with E-state index in [-0.39, 0.29) is 30.4 Å². The van der Waals surface area contributed by atoms with Gasteiger partial charge in [0.25, 0.3) is 0 Å². The lowest BCUT2D eigenvalue weighted by Gasteiger charge is -2.17. The van der Waals surface area contributed by atoms with Crippen LogP contribution in [0.2, 0.25) is 4.34 Å². The summed E-state index contributed by atoms with van der Waals surface area (Å²) in [5.74, 6) is -0.634. The van der Waals surface area contributed by atoms with Gasteiger partial charge in [0.05, 0.1) is 9.21 Å². The van der Waals surface area contributed by atoms with Crippen LogP contribution in [0.15, 0.2) is 42.5 Å². The molecule has 2 amide bonds. The number of hydrogen-bond donors (Lipinski definition) is 2.